The second-order valence-corrected chi connectivity index (χ2v) is 4.47. The van der Waals surface area contributed by atoms with E-state index in [0.29, 0.717) is 25.9 Å². The Hall–Kier alpha value is -2.42. The summed E-state index contributed by atoms with van der Waals surface area (Å²) in [7, 11) is 0. The lowest BCUT2D eigenvalue weighted by molar-refractivity contribution is -0.385. The van der Waals surface area contributed by atoms with Gasteiger partial charge in [-0.1, -0.05) is 12.1 Å². The summed E-state index contributed by atoms with van der Waals surface area (Å²) in [5.74, 6) is -0.349. The lowest BCUT2D eigenvalue weighted by atomic mass is 9.98. The number of hydrogen-bond donors (Lipinski definition) is 0. The van der Waals surface area contributed by atoms with Gasteiger partial charge < -0.3 is 4.90 Å². The number of carbonyl (C=O) groups excluding carboxylic acids is 1. The highest BCUT2D eigenvalue weighted by Gasteiger charge is 2.27. The van der Waals surface area contributed by atoms with Crippen molar-refractivity contribution in [1.82, 2.24) is 4.90 Å². The van der Waals surface area contributed by atoms with Gasteiger partial charge in [0, 0.05) is 25.1 Å². The molecule has 1 heterocycles. The Bertz CT molecular complexity index is 542. The van der Waals surface area contributed by atoms with Crippen molar-refractivity contribution in [2.75, 3.05) is 13.1 Å². The van der Waals surface area contributed by atoms with E-state index in [1.54, 1.807) is 11.0 Å². The van der Waals surface area contributed by atoms with Crippen LogP contribution in [-0.2, 0) is 0 Å². The van der Waals surface area contributed by atoms with E-state index >= 15 is 0 Å². The van der Waals surface area contributed by atoms with Crippen molar-refractivity contribution in [2.45, 2.75) is 12.8 Å². The van der Waals surface area contributed by atoms with Crippen LogP contribution in [0, 0.1) is 27.4 Å². The molecular formula is C13H13N3O3. The van der Waals surface area contributed by atoms with Crippen LogP contribution in [0.5, 0.6) is 0 Å². The highest BCUT2D eigenvalue weighted by atomic mass is 16.6. The van der Waals surface area contributed by atoms with E-state index in [0.717, 1.165) is 0 Å². The third-order valence-electron chi connectivity index (χ3n) is 3.30. The van der Waals surface area contributed by atoms with Gasteiger partial charge >= 0.3 is 0 Å². The average molecular weight is 259 g/mol. The maximum atomic E-state index is 12.3. The Balaban J connectivity index is 2.17. The zero-order chi connectivity index (χ0) is 13.8. The number of nitro groups is 1. The van der Waals surface area contributed by atoms with Gasteiger partial charge in [-0.15, -0.1) is 0 Å². The highest BCUT2D eigenvalue weighted by Crippen LogP contribution is 2.23. The van der Waals surface area contributed by atoms with E-state index in [9.17, 15) is 14.9 Å². The molecular weight excluding hydrogens is 246 g/mol. The number of rotatable bonds is 2. The highest BCUT2D eigenvalue weighted by molar-refractivity contribution is 5.98. The predicted octanol–water partition coefficient (Wildman–Crippen LogP) is 1.97. The van der Waals surface area contributed by atoms with Gasteiger partial charge in [-0.05, 0) is 18.9 Å². The number of para-hydroxylation sites is 1. The molecule has 0 unspecified atom stereocenters. The Morgan fingerprint density at radius 1 is 1.37 bits per heavy atom. The zero-order valence-corrected chi connectivity index (χ0v) is 10.3. The number of likely N-dealkylation sites (tertiary alicyclic amines) is 1. The van der Waals surface area contributed by atoms with Crippen molar-refractivity contribution in [3.05, 3.63) is 39.9 Å². The molecule has 0 saturated carbocycles. The average Bonchev–Trinajstić information content (AvgIpc) is 2.46. The molecule has 1 fully saturated rings. The normalized spacial score (nSPS) is 15.8. The molecule has 1 aromatic carbocycles. The standard InChI is InChI=1S/C13H13N3O3/c14-9-10-5-7-15(8-6-10)13(17)11-3-1-2-4-12(11)16(18)19/h1-4,10H,5-8H2. The lowest BCUT2D eigenvalue weighted by Crippen LogP contribution is -2.38. The summed E-state index contributed by atoms with van der Waals surface area (Å²) in [6, 6.07) is 8.14. The van der Waals surface area contributed by atoms with Gasteiger partial charge in [0.2, 0.25) is 0 Å². The fourth-order valence-corrected chi connectivity index (χ4v) is 2.20. The Morgan fingerprint density at radius 2 is 2.00 bits per heavy atom. The second-order valence-electron chi connectivity index (χ2n) is 4.47. The summed E-state index contributed by atoms with van der Waals surface area (Å²) in [6.07, 6.45) is 1.26. The number of amides is 1. The first-order valence-corrected chi connectivity index (χ1v) is 6.06. The quantitative estimate of drug-likeness (QED) is 0.600. The number of hydrogen-bond acceptors (Lipinski definition) is 4. The van der Waals surface area contributed by atoms with E-state index in [2.05, 4.69) is 6.07 Å². The van der Waals surface area contributed by atoms with Crippen LogP contribution >= 0.6 is 0 Å². The van der Waals surface area contributed by atoms with Gasteiger partial charge in [0.25, 0.3) is 11.6 Å². The first kappa shape index (κ1) is 13.0. The predicted molar refractivity (Wildman–Crippen MR) is 67.3 cm³/mol. The minimum absolute atomic E-state index is 0.0187. The molecule has 19 heavy (non-hydrogen) atoms. The first-order chi connectivity index (χ1) is 9.13. The second kappa shape index (κ2) is 5.48. The van der Waals surface area contributed by atoms with Crippen molar-refractivity contribution in [3.8, 4) is 6.07 Å². The summed E-state index contributed by atoms with van der Waals surface area (Å²) in [5, 5.41) is 19.7. The number of nitriles is 1. The Labute approximate surface area is 110 Å². The molecule has 6 heteroatoms. The van der Waals surface area contributed by atoms with Gasteiger partial charge in [0.1, 0.15) is 5.56 Å². The maximum Gasteiger partial charge on any atom is 0.282 e. The van der Waals surface area contributed by atoms with E-state index < -0.39 is 4.92 Å². The van der Waals surface area contributed by atoms with Crippen LogP contribution in [0.4, 0.5) is 5.69 Å². The van der Waals surface area contributed by atoms with Crippen molar-refractivity contribution in [1.29, 1.82) is 5.26 Å². The molecule has 0 radical (unpaired) electrons. The maximum absolute atomic E-state index is 12.3. The molecule has 0 N–H and O–H groups in total. The van der Waals surface area contributed by atoms with E-state index in [1.807, 2.05) is 0 Å². The summed E-state index contributed by atoms with van der Waals surface area (Å²) < 4.78 is 0. The molecule has 1 aliphatic rings. The summed E-state index contributed by atoms with van der Waals surface area (Å²) in [4.78, 5) is 24.2. The molecule has 0 bridgehead atoms. The van der Waals surface area contributed by atoms with Crippen molar-refractivity contribution in [3.63, 3.8) is 0 Å². The van der Waals surface area contributed by atoms with Crippen LogP contribution in [0.1, 0.15) is 23.2 Å². The van der Waals surface area contributed by atoms with Gasteiger partial charge in [0.15, 0.2) is 0 Å². The van der Waals surface area contributed by atoms with Crippen LogP contribution in [0.3, 0.4) is 0 Å². The van der Waals surface area contributed by atoms with Crippen LogP contribution in [0.2, 0.25) is 0 Å². The molecule has 0 aliphatic carbocycles. The minimum atomic E-state index is -0.546. The van der Waals surface area contributed by atoms with Crippen LogP contribution in [-0.4, -0.2) is 28.8 Å². The van der Waals surface area contributed by atoms with Crippen molar-refractivity contribution < 1.29 is 9.72 Å². The lowest BCUT2D eigenvalue weighted by Gasteiger charge is -2.29. The Kier molecular flexibility index (Phi) is 3.76. The van der Waals surface area contributed by atoms with Gasteiger partial charge in [-0.3, -0.25) is 14.9 Å². The molecule has 1 aromatic rings. The molecule has 2 rings (SSSR count). The van der Waals surface area contributed by atoms with Crippen LogP contribution in [0.25, 0.3) is 0 Å². The first-order valence-electron chi connectivity index (χ1n) is 6.06. The molecule has 1 amide bonds. The van der Waals surface area contributed by atoms with Crippen molar-refractivity contribution in [2.24, 2.45) is 5.92 Å². The molecule has 6 nitrogen and oxygen atoms in total. The number of carbonyl (C=O) groups is 1. The number of nitrogens with zero attached hydrogens (tertiary/aromatic N) is 3. The van der Waals surface area contributed by atoms with Crippen LogP contribution < -0.4 is 0 Å². The van der Waals surface area contributed by atoms with E-state index in [1.165, 1.54) is 18.2 Å². The fraction of sp³-hybridized carbons (Fsp3) is 0.385. The van der Waals surface area contributed by atoms with E-state index in [4.69, 9.17) is 5.26 Å². The van der Waals surface area contributed by atoms with Gasteiger partial charge in [-0.2, -0.15) is 5.26 Å². The third-order valence-corrected chi connectivity index (χ3v) is 3.30. The molecule has 1 aliphatic heterocycles. The summed E-state index contributed by atoms with van der Waals surface area (Å²) >= 11 is 0. The monoisotopic (exact) mass is 259 g/mol. The minimum Gasteiger partial charge on any atom is -0.338 e. The largest absolute Gasteiger partial charge is 0.338 e. The molecule has 0 atom stereocenters. The Morgan fingerprint density at radius 3 is 2.58 bits per heavy atom. The summed E-state index contributed by atoms with van der Waals surface area (Å²) in [6.45, 7) is 0.951. The zero-order valence-electron chi connectivity index (χ0n) is 10.3. The number of piperidine rings is 1. The van der Waals surface area contributed by atoms with Gasteiger partial charge in [0.05, 0.1) is 11.0 Å². The van der Waals surface area contributed by atoms with Crippen molar-refractivity contribution >= 4 is 11.6 Å². The van der Waals surface area contributed by atoms with E-state index in [-0.39, 0.29) is 23.1 Å². The molecule has 1 saturated heterocycles. The fourth-order valence-electron chi connectivity index (χ4n) is 2.20. The molecule has 98 valence electrons. The van der Waals surface area contributed by atoms with Crippen LogP contribution in [0.15, 0.2) is 24.3 Å². The topological polar surface area (TPSA) is 87.2 Å². The third kappa shape index (κ3) is 2.71. The van der Waals surface area contributed by atoms with Gasteiger partial charge in [-0.25, -0.2) is 0 Å². The summed E-state index contributed by atoms with van der Waals surface area (Å²) in [5.41, 5.74) is -0.0576. The number of benzene rings is 1. The molecule has 0 spiro atoms. The SMILES string of the molecule is N#CC1CCN(C(=O)c2ccccc2[N+](=O)[O-])CC1. The number of nitro benzene ring substituents is 1. The molecule has 0 aromatic heterocycles. The smallest absolute Gasteiger partial charge is 0.282 e.